The van der Waals surface area contributed by atoms with Crippen LogP contribution < -0.4 is 0 Å². The minimum atomic E-state index is -0.901. The molecule has 0 atom stereocenters. The van der Waals surface area contributed by atoms with E-state index in [4.69, 9.17) is 0 Å². The largest absolute Gasteiger partial charge is 0.477 e. The molecule has 0 radical (unpaired) electrons. The third kappa shape index (κ3) is 3.84. The van der Waals surface area contributed by atoms with Crippen LogP contribution in [-0.4, -0.2) is 21.8 Å². The summed E-state index contributed by atoms with van der Waals surface area (Å²) in [6, 6.07) is 9.50. The van der Waals surface area contributed by atoms with Crippen molar-refractivity contribution in [2.24, 2.45) is 5.92 Å². The lowest BCUT2D eigenvalue weighted by Gasteiger charge is -2.01. The Hall–Kier alpha value is -1.33. The Labute approximate surface area is 127 Å². The number of aromatic nitrogens is 1. The average Bonchev–Trinajstić information content (AvgIpc) is 2.84. The van der Waals surface area contributed by atoms with Gasteiger partial charge in [0.05, 0.1) is 5.69 Å². The highest BCUT2D eigenvalue weighted by Crippen LogP contribution is 2.30. The van der Waals surface area contributed by atoms with Gasteiger partial charge in [0, 0.05) is 11.3 Å². The quantitative estimate of drug-likeness (QED) is 0.859. The molecule has 5 heteroatoms. The second-order valence-electron chi connectivity index (χ2n) is 4.87. The summed E-state index contributed by atoms with van der Waals surface area (Å²) in [7, 11) is 0. The third-order valence-electron chi connectivity index (χ3n) is 2.59. The summed E-state index contributed by atoms with van der Waals surface area (Å²) in [5.74, 6) is 1.56. The Balaban J connectivity index is 2.23. The molecule has 0 bridgehead atoms. The topological polar surface area (TPSA) is 50.2 Å². The number of carboxylic acids is 1. The molecular weight excluding hydrogens is 290 g/mol. The summed E-state index contributed by atoms with van der Waals surface area (Å²) < 4.78 is 0. The number of carbonyl (C=O) groups is 1. The number of hydrogen-bond acceptors (Lipinski definition) is 4. The minimum absolute atomic E-state index is 0.330. The zero-order valence-electron chi connectivity index (χ0n) is 11.5. The Morgan fingerprint density at radius 3 is 2.65 bits per heavy atom. The van der Waals surface area contributed by atoms with E-state index in [-0.39, 0.29) is 0 Å². The van der Waals surface area contributed by atoms with Crippen LogP contribution in [0, 0.1) is 5.92 Å². The molecule has 106 valence electrons. The first-order valence-electron chi connectivity index (χ1n) is 6.44. The molecule has 0 saturated carbocycles. The molecule has 0 aliphatic heterocycles. The molecule has 0 fully saturated rings. The van der Waals surface area contributed by atoms with Gasteiger partial charge in [-0.05, 0) is 11.7 Å². The molecule has 2 rings (SSSR count). The van der Waals surface area contributed by atoms with Crippen molar-refractivity contribution in [2.75, 3.05) is 5.75 Å². The smallest absolute Gasteiger partial charge is 0.348 e. The fourth-order valence-corrected chi connectivity index (χ4v) is 3.78. The zero-order chi connectivity index (χ0) is 14.5. The molecule has 0 saturated heterocycles. The Bertz CT molecular complexity index is 579. The number of aromatic carboxylic acids is 1. The highest BCUT2D eigenvalue weighted by molar-refractivity contribution is 7.98. The fourth-order valence-electron chi connectivity index (χ4n) is 1.74. The van der Waals surface area contributed by atoms with Gasteiger partial charge >= 0.3 is 5.97 Å². The van der Waals surface area contributed by atoms with Crippen molar-refractivity contribution >= 4 is 29.1 Å². The van der Waals surface area contributed by atoms with Gasteiger partial charge in [0.15, 0.2) is 0 Å². The number of benzene rings is 1. The average molecular weight is 307 g/mol. The summed E-state index contributed by atoms with van der Waals surface area (Å²) >= 11 is 3.08. The molecule has 2 aromatic rings. The Kier molecular flexibility index (Phi) is 5.20. The van der Waals surface area contributed by atoms with Gasteiger partial charge in [-0.1, -0.05) is 44.2 Å². The van der Waals surface area contributed by atoms with Gasteiger partial charge in [-0.25, -0.2) is 9.78 Å². The van der Waals surface area contributed by atoms with Crippen LogP contribution in [-0.2, 0) is 5.75 Å². The van der Waals surface area contributed by atoms with Crippen LogP contribution in [0.4, 0.5) is 0 Å². The first-order valence-corrected chi connectivity index (χ1v) is 8.41. The molecule has 0 aliphatic carbocycles. The summed E-state index contributed by atoms with van der Waals surface area (Å²) in [5.41, 5.74) is 1.45. The number of thioether (sulfide) groups is 1. The molecule has 0 aliphatic rings. The van der Waals surface area contributed by atoms with E-state index in [0.717, 1.165) is 22.1 Å². The van der Waals surface area contributed by atoms with E-state index in [1.165, 1.54) is 11.3 Å². The van der Waals surface area contributed by atoms with E-state index >= 15 is 0 Å². The monoisotopic (exact) mass is 307 g/mol. The van der Waals surface area contributed by atoms with Gasteiger partial charge in [0.2, 0.25) is 0 Å². The van der Waals surface area contributed by atoms with Gasteiger partial charge < -0.3 is 5.11 Å². The first kappa shape index (κ1) is 15.1. The molecule has 0 amide bonds. The Morgan fingerprint density at radius 1 is 1.35 bits per heavy atom. The predicted molar refractivity (Wildman–Crippen MR) is 85.5 cm³/mol. The van der Waals surface area contributed by atoms with E-state index in [0.29, 0.717) is 16.5 Å². The van der Waals surface area contributed by atoms with Gasteiger partial charge in [-0.3, -0.25) is 0 Å². The summed E-state index contributed by atoms with van der Waals surface area (Å²) in [5, 5.41) is 10.2. The van der Waals surface area contributed by atoms with Crippen molar-refractivity contribution in [3.63, 3.8) is 0 Å². The van der Waals surface area contributed by atoms with Gasteiger partial charge in [0.1, 0.15) is 9.88 Å². The molecule has 20 heavy (non-hydrogen) atoms. The summed E-state index contributed by atoms with van der Waals surface area (Å²) in [6.45, 7) is 4.35. The molecule has 1 N–H and O–H groups in total. The second kappa shape index (κ2) is 6.90. The van der Waals surface area contributed by atoms with Crippen LogP contribution >= 0.6 is 23.1 Å². The standard InChI is InChI=1S/C15H17NO2S2/c1-10(2)8-19-9-12-16-13(14(20-12)15(17)18)11-6-4-3-5-7-11/h3-7,10H,8-9H2,1-2H3,(H,17,18). The molecule has 1 aromatic carbocycles. The fraction of sp³-hybridized carbons (Fsp3) is 0.333. The number of nitrogens with zero attached hydrogens (tertiary/aromatic N) is 1. The third-order valence-corrected chi connectivity index (χ3v) is 5.20. The SMILES string of the molecule is CC(C)CSCc1nc(-c2ccccc2)c(C(=O)O)s1. The first-order chi connectivity index (χ1) is 9.58. The Morgan fingerprint density at radius 2 is 2.05 bits per heavy atom. The molecule has 1 aromatic heterocycles. The van der Waals surface area contributed by atoms with Crippen molar-refractivity contribution in [2.45, 2.75) is 19.6 Å². The van der Waals surface area contributed by atoms with Crippen LogP contribution in [0.25, 0.3) is 11.3 Å². The van der Waals surface area contributed by atoms with E-state index in [1.807, 2.05) is 30.3 Å². The normalized spacial score (nSPS) is 10.9. The van der Waals surface area contributed by atoms with Gasteiger partial charge in [0.25, 0.3) is 0 Å². The molecular formula is C15H17NO2S2. The minimum Gasteiger partial charge on any atom is -0.477 e. The highest BCUT2D eigenvalue weighted by atomic mass is 32.2. The zero-order valence-corrected chi connectivity index (χ0v) is 13.1. The van der Waals surface area contributed by atoms with Gasteiger partial charge in [-0.2, -0.15) is 11.8 Å². The maximum absolute atomic E-state index is 11.4. The number of carboxylic acid groups (broad SMARTS) is 1. The summed E-state index contributed by atoms with van der Waals surface area (Å²) in [6.07, 6.45) is 0. The molecule has 0 spiro atoms. The van der Waals surface area contributed by atoms with E-state index in [1.54, 1.807) is 11.8 Å². The number of thiazole rings is 1. The van der Waals surface area contributed by atoms with Crippen LogP contribution in [0.2, 0.25) is 0 Å². The van der Waals surface area contributed by atoms with Gasteiger partial charge in [-0.15, -0.1) is 11.3 Å². The second-order valence-corrected chi connectivity index (χ2v) is 6.98. The summed E-state index contributed by atoms with van der Waals surface area (Å²) in [4.78, 5) is 16.2. The highest BCUT2D eigenvalue weighted by Gasteiger charge is 2.18. The van der Waals surface area contributed by atoms with Crippen molar-refractivity contribution in [3.05, 3.63) is 40.2 Å². The van der Waals surface area contributed by atoms with E-state index < -0.39 is 5.97 Å². The lowest BCUT2D eigenvalue weighted by molar-refractivity contribution is 0.0702. The molecule has 0 unspecified atom stereocenters. The van der Waals surface area contributed by atoms with Crippen LogP contribution in [0.1, 0.15) is 28.5 Å². The van der Waals surface area contributed by atoms with Crippen LogP contribution in [0.15, 0.2) is 30.3 Å². The number of hydrogen-bond donors (Lipinski definition) is 1. The molecule has 3 nitrogen and oxygen atoms in total. The van der Waals surface area contributed by atoms with Crippen molar-refractivity contribution < 1.29 is 9.90 Å². The maximum atomic E-state index is 11.4. The van der Waals surface area contributed by atoms with Crippen molar-refractivity contribution in [1.29, 1.82) is 0 Å². The maximum Gasteiger partial charge on any atom is 0.348 e. The lowest BCUT2D eigenvalue weighted by atomic mass is 10.1. The molecule has 1 heterocycles. The van der Waals surface area contributed by atoms with E-state index in [2.05, 4.69) is 18.8 Å². The van der Waals surface area contributed by atoms with Crippen LogP contribution in [0.3, 0.4) is 0 Å². The predicted octanol–water partition coefficient (Wildman–Crippen LogP) is 4.40. The van der Waals surface area contributed by atoms with E-state index in [9.17, 15) is 9.90 Å². The van der Waals surface area contributed by atoms with Crippen molar-refractivity contribution in [1.82, 2.24) is 4.98 Å². The van der Waals surface area contributed by atoms with Crippen molar-refractivity contribution in [3.8, 4) is 11.3 Å². The number of rotatable bonds is 6. The lowest BCUT2D eigenvalue weighted by Crippen LogP contribution is -1.95. The van der Waals surface area contributed by atoms with Crippen LogP contribution in [0.5, 0.6) is 0 Å².